The average molecular weight is 337 g/mol. The van der Waals surface area contributed by atoms with Gasteiger partial charge in [-0.3, -0.25) is 0 Å². The average Bonchev–Trinajstić information content (AvgIpc) is 3.27. The number of anilines is 1. The SMILES string of the molecule is Fc1ccc2c(C3CCN(c4ccn5nccc5n4)CC3)noc2c1. The highest BCUT2D eigenvalue weighted by atomic mass is 19.1. The lowest BCUT2D eigenvalue weighted by atomic mass is 9.91. The molecule has 5 rings (SSSR count). The molecule has 7 heteroatoms. The van der Waals surface area contributed by atoms with Crippen LogP contribution < -0.4 is 4.90 Å². The fourth-order valence-corrected chi connectivity index (χ4v) is 3.59. The zero-order valence-electron chi connectivity index (χ0n) is 13.5. The molecule has 0 unspecified atom stereocenters. The molecule has 1 aliphatic heterocycles. The summed E-state index contributed by atoms with van der Waals surface area (Å²) in [6, 6.07) is 8.51. The van der Waals surface area contributed by atoms with Crippen LogP contribution in [0.25, 0.3) is 16.6 Å². The highest BCUT2D eigenvalue weighted by molar-refractivity contribution is 5.80. The Hall–Kier alpha value is -2.96. The summed E-state index contributed by atoms with van der Waals surface area (Å²) >= 11 is 0. The fraction of sp³-hybridized carbons (Fsp3) is 0.278. The minimum atomic E-state index is -0.300. The van der Waals surface area contributed by atoms with Crippen molar-refractivity contribution >= 4 is 22.4 Å². The Morgan fingerprint density at radius 1 is 1.12 bits per heavy atom. The van der Waals surface area contributed by atoms with Crippen molar-refractivity contribution < 1.29 is 8.91 Å². The third-order valence-electron chi connectivity index (χ3n) is 4.91. The molecule has 1 aliphatic rings. The summed E-state index contributed by atoms with van der Waals surface area (Å²) in [4.78, 5) is 6.94. The molecule has 126 valence electrons. The van der Waals surface area contributed by atoms with Crippen LogP contribution in [-0.2, 0) is 0 Å². The molecule has 25 heavy (non-hydrogen) atoms. The van der Waals surface area contributed by atoms with E-state index in [-0.39, 0.29) is 5.82 Å². The van der Waals surface area contributed by atoms with Crippen molar-refractivity contribution in [1.82, 2.24) is 19.8 Å². The number of nitrogens with zero attached hydrogens (tertiary/aromatic N) is 5. The van der Waals surface area contributed by atoms with Gasteiger partial charge in [-0.05, 0) is 31.0 Å². The lowest BCUT2D eigenvalue weighted by molar-refractivity contribution is 0.416. The van der Waals surface area contributed by atoms with E-state index in [2.05, 4.69) is 20.1 Å². The maximum Gasteiger partial charge on any atom is 0.170 e. The molecule has 1 aromatic carbocycles. The smallest absolute Gasteiger partial charge is 0.170 e. The zero-order valence-corrected chi connectivity index (χ0v) is 13.5. The van der Waals surface area contributed by atoms with Gasteiger partial charge in [0, 0.05) is 42.7 Å². The van der Waals surface area contributed by atoms with Gasteiger partial charge in [0.15, 0.2) is 11.2 Å². The van der Waals surface area contributed by atoms with E-state index in [4.69, 9.17) is 4.52 Å². The topological polar surface area (TPSA) is 59.5 Å². The third-order valence-corrected chi connectivity index (χ3v) is 4.91. The number of fused-ring (bicyclic) bond motifs is 2. The van der Waals surface area contributed by atoms with Gasteiger partial charge in [-0.1, -0.05) is 5.16 Å². The molecule has 0 atom stereocenters. The molecule has 1 fully saturated rings. The molecule has 0 saturated carbocycles. The van der Waals surface area contributed by atoms with E-state index in [1.54, 1.807) is 16.8 Å². The number of hydrogen-bond acceptors (Lipinski definition) is 5. The number of hydrogen-bond donors (Lipinski definition) is 0. The van der Waals surface area contributed by atoms with E-state index >= 15 is 0 Å². The number of halogens is 1. The van der Waals surface area contributed by atoms with Crippen molar-refractivity contribution in [2.45, 2.75) is 18.8 Å². The Bertz CT molecular complexity index is 1050. The molecule has 0 amide bonds. The molecule has 0 bridgehead atoms. The Morgan fingerprint density at radius 2 is 2.00 bits per heavy atom. The van der Waals surface area contributed by atoms with Gasteiger partial charge in [0.1, 0.15) is 11.6 Å². The van der Waals surface area contributed by atoms with Crippen molar-refractivity contribution in [3.63, 3.8) is 0 Å². The Kier molecular flexibility index (Phi) is 3.19. The normalized spacial score (nSPS) is 16.1. The van der Waals surface area contributed by atoms with Gasteiger partial charge in [-0.25, -0.2) is 13.9 Å². The van der Waals surface area contributed by atoms with E-state index in [0.29, 0.717) is 11.5 Å². The lowest BCUT2D eigenvalue weighted by Gasteiger charge is -2.32. The molecular weight excluding hydrogens is 321 g/mol. The summed E-state index contributed by atoms with van der Waals surface area (Å²) in [6.07, 6.45) is 5.61. The summed E-state index contributed by atoms with van der Waals surface area (Å²) in [5.74, 6) is 0.992. The number of benzene rings is 1. The van der Waals surface area contributed by atoms with Gasteiger partial charge >= 0.3 is 0 Å². The predicted octanol–water partition coefficient (Wildman–Crippen LogP) is 3.39. The predicted molar refractivity (Wildman–Crippen MR) is 91.1 cm³/mol. The van der Waals surface area contributed by atoms with Crippen LogP contribution in [0.1, 0.15) is 24.5 Å². The zero-order chi connectivity index (χ0) is 16.8. The second-order valence-electron chi connectivity index (χ2n) is 6.39. The number of aromatic nitrogens is 4. The quantitative estimate of drug-likeness (QED) is 0.561. The van der Waals surface area contributed by atoms with Crippen LogP contribution in [0.3, 0.4) is 0 Å². The second kappa shape index (κ2) is 5.54. The molecule has 0 spiro atoms. The Balaban J connectivity index is 1.36. The lowest BCUT2D eigenvalue weighted by Crippen LogP contribution is -2.33. The molecule has 0 aliphatic carbocycles. The van der Waals surface area contributed by atoms with E-state index in [0.717, 1.165) is 48.5 Å². The van der Waals surface area contributed by atoms with Gasteiger partial charge in [-0.2, -0.15) is 5.10 Å². The van der Waals surface area contributed by atoms with Gasteiger partial charge in [0.05, 0.1) is 11.9 Å². The van der Waals surface area contributed by atoms with Gasteiger partial charge in [0.2, 0.25) is 0 Å². The minimum absolute atomic E-state index is 0.300. The van der Waals surface area contributed by atoms with E-state index in [1.807, 2.05) is 18.3 Å². The first-order chi connectivity index (χ1) is 12.3. The van der Waals surface area contributed by atoms with Crippen molar-refractivity contribution in [1.29, 1.82) is 0 Å². The third kappa shape index (κ3) is 2.43. The maximum absolute atomic E-state index is 13.3. The van der Waals surface area contributed by atoms with Crippen LogP contribution in [0.2, 0.25) is 0 Å². The molecule has 6 nitrogen and oxygen atoms in total. The van der Waals surface area contributed by atoms with E-state index in [1.165, 1.54) is 12.1 Å². The van der Waals surface area contributed by atoms with Crippen molar-refractivity contribution in [3.8, 4) is 0 Å². The van der Waals surface area contributed by atoms with Crippen LogP contribution >= 0.6 is 0 Å². The maximum atomic E-state index is 13.3. The Labute approximate surface area is 142 Å². The summed E-state index contributed by atoms with van der Waals surface area (Å²) in [7, 11) is 0. The molecule has 1 saturated heterocycles. The second-order valence-corrected chi connectivity index (χ2v) is 6.39. The minimum Gasteiger partial charge on any atom is -0.356 e. The molecule has 4 aromatic rings. The van der Waals surface area contributed by atoms with Crippen molar-refractivity contribution in [2.75, 3.05) is 18.0 Å². The van der Waals surface area contributed by atoms with Crippen LogP contribution in [0.4, 0.5) is 10.2 Å². The Morgan fingerprint density at radius 3 is 2.88 bits per heavy atom. The van der Waals surface area contributed by atoms with Crippen LogP contribution in [-0.4, -0.2) is 32.8 Å². The first kappa shape index (κ1) is 14.4. The van der Waals surface area contributed by atoms with Crippen LogP contribution in [0.5, 0.6) is 0 Å². The van der Waals surface area contributed by atoms with E-state index in [9.17, 15) is 4.39 Å². The fourth-order valence-electron chi connectivity index (χ4n) is 3.59. The first-order valence-corrected chi connectivity index (χ1v) is 8.38. The highest BCUT2D eigenvalue weighted by Crippen LogP contribution is 2.33. The van der Waals surface area contributed by atoms with Crippen molar-refractivity contribution in [3.05, 3.63) is 54.2 Å². The number of piperidine rings is 1. The first-order valence-electron chi connectivity index (χ1n) is 8.38. The monoisotopic (exact) mass is 337 g/mol. The van der Waals surface area contributed by atoms with Crippen LogP contribution in [0.15, 0.2) is 47.2 Å². The largest absolute Gasteiger partial charge is 0.356 e. The van der Waals surface area contributed by atoms with Crippen LogP contribution in [0, 0.1) is 5.82 Å². The summed E-state index contributed by atoms with van der Waals surface area (Å²) in [6.45, 7) is 1.80. The number of rotatable bonds is 2. The van der Waals surface area contributed by atoms with Gasteiger partial charge in [0.25, 0.3) is 0 Å². The summed E-state index contributed by atoms with van der Waals surface area (Å²) in [5, 5.41) is 9.30. The molecule has 0 N–H and O–H groups in total. The highest BCUT2D eigenvalue weighted by Gasteiger charge is 2.25. The van der Waals surface area contributed by atoms with Gasteiger partial charge in [-0.15, -0.1) is 0 Å². The standard InChI is InChI=1S/C18H16FN5O/c19-13-1-2-14-15(11-13)25-22-18(14)12-4-8-23(9-5-12)16-6-10-24-17(21-16)3-7-20-24/h1-3,6-7,10-12H,4-5,8-9H2. The summed E-state index contributed by atoms with van der Waals surface area (Å²) < 4.78 is 20.4. The van der Waals surface area contributed by atoms with E-state index < -0.39 is 0 Å². The van der Waals surface area contributed by atoms with Crippen molar-refractivity contribution in [2.24, 2.45) is 0 Å². The molecule has 4 heterocycles. The molecule has 3 aromatic heterocycles. The summed E-state index contributed by atoms with van der Waals surface area (Å²) in [5.41, 5.74) is 2.31. The molecule has 0 radical (unpaired) electrons. The molecular formula is C18H16FN5O. The van der Waals surface area contributed by atoms with Gasteiger partial charge < -0.3 is 9.42 Å².